The first-order valence-electron chi connectivity index (χ1n) is 11.0. The molecule has 0 amide bonds. The van der Waals surface area contributed by atoms with Crippen LogP contribution >= 0.6 is 12.4 Å². The van der Waals surface area contributed by atoms with Gasteiger partial charge in [0.15, 0.2) is 0 Å². The SMILES string of the molecule is CC/C(=C(\c1ccc(OC)cc1)c1ccc(OCCN(C)C)cc1)c1ccc(OC)cc1.Cl. The van der Waals surface area contributed by atoms with Crippen molar-refractivity contribution < 1.29 is 14.2 Å². The second-order valence-electron chi connectivity index (χ2n) is 7.84. The number of halogens is 1. The summed E-state index contributed by atoms with van der Waals surface area (Å²) in [5, 5.41) is 0. The lowest BCUT2D eigenvalue weighted by atomic mass is 9.88. The van der Waals surface area contributed by atoms with Crippen molar-refractivity contribution in [3.8, 4) is 17.2 Å². The van der Waals surface area contributed by atoms with E-state index >= 15 is 0 Å². The Morgan fingerprint density at radius 2 is 1.09 bits per heavy atom. The van der Waals surface area contributed by atoms with Crippen molar-refractivity contribution in [2.24, 2.45) is 0 Å². The molecule has 3 aromatic rings. The van der Waals surface area contributed by atoms with E-state index in [1.165, 1.54) is 16.7 Å². The number of hydrogen-bond donors (Lipinski definition) is 0. The lowest BCUT2D eigenvalue weighted by Crippen LogP contribution is -2.19. The maximum absolute atomic E-state index is 5.90. The minimum absolute atomic E-state index is 0. The van der Waals surface area contributed by atoms with Gasteiger partial charge in [-0.3, -0.25) is 0 Å². The lowest BCUT2D eigenvalue weighted by Gasteiger charge is -2.17. The van der Waals surface area contributed by atoms with E-state index in [4.69, 9.17) is 14.2 Å². The molecular formula is C28H34ClNO3. The standard InChI is InChI=1S/C28H33NO3.ClH/c1-6-27(21-7-13-24(30-4)14-8-21)28(22-9-15-25(31-5)16-10-22)23-11-17-26(18-12-23)32-20-19-29(2)3;/h7-18H,6,19-20H2,1-5H3;1H/b28-27-;. The fourth-order valence-electron chi connectivity index (χ4n) is 3.65. The Morgan fingerprint density at radius 1 is 0.667 bits per heavy atom. The first-order valence-corrected chi connectivity index (χ1v) is 11.0. The molecule has 5 heteroatoms. The van der Waals surface area contributed by atoms with Crippen LogP contribution in [0.2, 0.25) is 0 Å². The summed E-state index contributed by atoms with van der Waals surface area (Å²) < 4.78 is 16.6. The van der Waals surface area contributed by atoms with Crippen LogP contribution in [0, 0.1) is 0 Å². The summed E-state index contributed by atoms with van der Waals surface area (Å²) in [6.45, 7) is 3.75. The smallest absolute Gasteiger partial charge is 0.119 e. The summed E-state index contributed by atoms with van der Waals surface area (Å²) in [5.74, 6) is 2.59. The number of ether oxygens (including phenoxy) is 3. The van der Waals surface area contributed by atoms with Crippen LogP contribution in [0.1, 0.15) is 30.0 Å². The molecule has 0 fully saturated rings. The Hall–Kier alpha value is -2.95. The van der Waals surface area contributed by atoms with Gasteiger partial charge in [0.05, 0.1) is 14.2 Å². The summed E-state index contributed by atoms with van der Waals surface area (Å²) in [7, 11) is 7.47. The quantitative estimate of drug-likeness (QED) is 0.321. The van der Waals surface area contributed by atoms with Crippen molar-refractivity contribution in [3.63, 3.8) is 0 Å². The van der Waals surface area contributed by atoms with Gasteiger partial charge in [0.2, 0.25) is 0 Å². The molecule has 0 aromatic heterocycles. The van der Waals surface area contributed by atoms with Crippen LogP contribution in [0.5, 0.6) is 17.2 Å². The van der Waals surface area contributed by atoms with Gasteiger partial charge >= 0.3 is 0 Å². The number of nitrogens with zero attached hydrogens (tertiary/aromatic N) is 1. The molecule has 0 aliphatic heterocycles. The monoisotopic (exact) mass is 467 g/mol. The zero-order chi connectivity index (χ0) is 22.9. The number of allylic oxidation sites excluding steroid dienone is 1. The highest BCUT2D eigenvalue weighted by Gasteiger charge is 2.14. The molecule has 33 heavy (non-hydrogen) atoms. The summed E-state index contributed by atoms with van der Waals surface area (Å²) in [6, 6.07) is 24.9. The third-order valence-corrected chi connectivity index (χ3v) is 5.42. The topological polar surface area (TPSA) is 30.9 Å². The summed E-state index contributed by atoms with van der Waals surface area (Å²) in [6.07, 6.45) is 0.898. The molecule has 0 bridgehead atoms. The molecule has 0 atom stereocenters. The van der Waals surface area contributed by atoms with Gasteiger partial charge < -0.3 is 19.1 Å². The minimum Gasteiger partial charge on any atom is -0.497 e. The molecule has 0 aliphatic carbocycles. The third-order valence-electron chi connectivity index (χ3n) is 5.42. The lowest BCUT2D eigenvalue weighted by molar-refractivity contribution is 0.261. The molecule has 4 nitrogen and oxygen atoms in total. The van der Waals surface area contributed by atoms with E-state index in [1.54, 1.807) is 14.2 Å². The molecule has 0 saturated heterocycles. The third kappa shape index (κ3) is 7.01. The second-order valence-corrected chi connectivity index (χ2v) is 7.84. The van der Waals surface area contributed by atoms with Crippen LogP contribution in [0.3, 0.4) is 0 Å². The second kappa shape index (κ2) is 12.9. The molecular weight excluding hydrogens is 434 g/mol. The van der Waals surface area contributed by atoms with Crippen molar-refractivity contribution in [1.29, 1.82) is 0 Å². The van der Waals surface area contributed by atoms with Crippen molar-refractivity contribution in [2.45, 2.75) is 13.3 Å². The first-order chi connectivity index (χ1) is 15.5. The average Bonchev–Trinajstić information content (AvgIpc) is 2.83. The number of likely N-dealkylation sites (N-methyl/N-ethyl adjacent to an activating group) is 1. The number of benzene rings is 3. The van der Waals surface area contributed by atoms with Crippen molar-refractivity contribution in [3.05, 3.63) is 89.5 Å². The van der Waals surface area contributed by atoms with Gasteiger partial charge in [-0.05, 0) is 84.8 Å². The van der Waals surface area contributed by atoms with Gasteiger partial charge in [-0.15, -0.1) is 12.4 Å². The normalized spacial score (nSPS) is 11.5. The summed E-state index contributed by atoms with van der Waals surface area (Å²) in [4.78, 5) is 2.11. The molecule has 0 unspecified atom stereocenters. The van der Waals surface area contributed by atoms with E-state index in [0.717, 1.165) is 41.3 Å². The van der Waals surface area contributed by atoms with Crippen molar-refractivity contribution >= 4 is 23.6 Å². The van der Waals surface area contributed by atoms with E-state index in [9.17, 15) is 0 Å². The molecule has 0 radical (unpaired) electrons. The average molecular weight is 468 g/mol. The Labute approximate surface area is 204 Å². The zero-order valence-corrected chi connectivity index (χ0v) is 20.9. The van der Waals surface area contributed by atoms with Gasteiger partial charge in [-0.1, -0.05) is 43.3 Å². The van der Waals surface area contributed by atoms with Gasteiger partial charge in [-0.2, -0.15) is 0 Å². The fraction of sp³-hybridized carbons (Fsp3) is 0.286. The van der Waals surface area contributed by atoms with E-state index < -0.39 is 0 Å². The summed E-state index contributed by atoms with van der Waals surface area (Å²) in [5.41, 5.74) is 5.98. The van der Waals surface area contributed by atoms with E-state index in [0.29, 0.717) is 6.61 Å². The highest BCUT2D eigenvalue weighted by atomic mass is 35.5. The maximum Gasteiger partial charge on any atom is 0.119 e. The molecule has 176 valence electrons. The van der Waals surface area contributed by atoms with Crippen LogP contribution in [0.4, 0.5) is 0 Å². The molecule has 0 N–H and O–H groups in total. The van der Waals surface area contributed by atoms with Crippen LogP contribution in [-0.4, -0.2) is 46.4 Å². The predicted molar refractivity (Wildman–Crippen MR) is 140 cm³/mol. The molecule has 3 rings (SSSR count). The highest BCUT2D eigenvalue weighted by molar-refractivity contribution is 5.98. The highest BCUT2D eigenvalue weighted by Crippen LogP contribution is 2.36. The number of hydrogen-bond acceptors (Lipinski definition) is 4. The van der Waals surface area contributed by atoms with Crippen LogP contribution in [0.25, 0.3) is 11.1 Å². The van der Waals surface area contributed by atoms with Gasteiger partial charge in [-0.25, -0.2) is 0 Å². The molecule has 0 saturated carbocycles. The molecule has 3 aromatic carbocycles. The predicted octanol–water partition coefficient (Wildman–Crippen LogP) is 6.44. The first kappa shape index (κ1) is 26.3. The maximum atomic E-state index is 5.90. The van der Waals surface area contributed by atoms with Crippen LogP contribution < -0.4 is 14.2 Å². The van der Waals surface area contributed by atoms with E-state index in [-0.39, 0.29) is 12.4 Å². The molecule has 0 heterocycles. The minimum atomic E-state index is 0. The van der Waals surface area contributed by atoms with Crippen LogP contribution in [0.15, 0.2) is 72.8 Å². The Balaban J connectivity index is 0.00000385. The number of rotatable bonds is 10. The van der Waals surface area contributed by atoms with E-state index in [2.05, 4.69) is 60.4 Å². The zero-order valence-electron chi connectivity index (χ0n) is 20.1. The Kier molecular flexibility index (Phi) is 10.3. The molecule has 0 aliphatic rings. The van der Waals surface area contributed by atoms with E-state index in [1.807, 2.05) is 38.4 Å². The Bertz CT molecular complexity index is 1010. The van der Waals surface area contributed by atoms with Gasteiger partial charge in [0.1, 0.15) is 23.9 Å². The van der Waals surface area contributed by atoms with Crippen LogP contribution in [-0.2, 0) is 0 Å². The summed E-state index contributed by atoms with van der Waals surface area (Å²) >= 11 is 0. The van der Waals surface area contributed by atoms with Crippen molar-refractivity contribution in [2.75, 3.05) is 41.5 Å². The largest absolute Gasteiger partial charge is 0.497 e. The Morgan fingerprint density at radius 3 is 1.48 bits per heavy atom. The van der Waals surface area contributed by atoms with Crippen molar-refractivity contribution in [1.82, 2.24) is 4.90 Å². The van der Waals surface area contributed by atoms with Gasteiger partial charge in [0, 0.05) is 6.54 Å². The molecule has 0 spiro atoms. The number of methoxy groups -OCH3 is 2. The fourth-order valence-corrected chi connectivity index (χ4v) is 3.65. The van der Waals surface area contributed by atoms with Gasteiger partial charge in [0.25, 0.3) is 0 Å².